The Hall–Kier alpha value is -0.520. The Morgan fingerprint density at radius 2 is 1.69 bits per heavy atom. The smallest absolute Gasteiger partial charge is 0.158 e. The summed E-state index contributed by atoms with van der Waals surface area (Å²) in [5.74, 6) is 0.655. The molecule has 0 spiro atoms. The second kappa shape index (κ2) is 12.8. The third-order valence-electron chi connectivity index (χ3n) is 2.93. The molecule has 0 atom stereocenters. The molecule has 26 heavy (non-hydrogen) atoms. The van der Waals surface area contributed by atoms with Gasteiger partial charge in [-0.2, -0.15) is 0 Å². The van der Waals surface area contributed by atoms with Crippen molar-refractivity contribution in [2.75, 3.05) is 19.8 Å². The average Bonchev–Trinajstić information content (AvgIpc) is 2.56. The molecular weight excluding hydrogens is 443 g/mol. The molecule has 0 bridgehead atoms. The number of benzene rings is 1. The summed E-state index contributed by atoms with van der Waals surface area (Å²) in [6, 6.07) is 1.54. The van der Waals surface area contributed by atoms with E-state index in [0.29, 0.717) is 29.7 Å². The summed E-state index contributed by atoms with van der Waals surface area (Å²) in [4.78, 5) is 5.13. The van der Waals surface area contributed by atoms with Gasteiger partial charge < -0.3 is 14.3 Å². The molecule has 0 aliphatic heterocycles. The Kier molecular flexibility index (Phi) is 11.6. The van der Waals surface area contributed by atoms with Crippen LogP contribution in [0.2, 0.25) is 15.1 Å². The van der Waals surface area contributed by atoms with E-state index in [4.69, 9.17) is 72.3 Å². The SMILES string of the molecule is CC(C)=NOCCCCCOc1c(Cl)cc(OCC=C(Cl)Cl)c(Cl)c1Cl. The van der Waals surface area contributed by atoms with Gasteiger partial charge in [0.05, 0.1) is 17.3 Å². The molecule has 0 aromatic heterocycles. The second-order valence-corrected chi connectivity index (χ2v) is 7.57. The fraction of sp³-hybridized carbons (Fsp3) is 0.471. The lowest BCUT2D eigenvalue weighted by Crippen LogP contribution is -2.01. The first-order valence-corrected chi connectivity index (χ1v) is 9.79. The molecule has 0 heterocycles. The number of unbranched alkanes of at least 4 members (excludes halogenated alkanes) is 2. The fourth-order valence-corrected chi connectivity index (χ4v) is 2.65. The largest absolute Gasteiger partial charge is 0.490 e. The lowest BCUT2D eigenvalue weighted by molar-refractivity contribution is 0.138. The van der Waals surface area contributed by atoms with Crippen LogP contribution in [0, 0.1) is 0 Å². The van der Waals surface area contributed by atoms with Crippen LogP contribution in [-0.4, -0.2) is 25.5 Å². The van der Waals surface area contributed by atoms with Gasteiger partial charge in [-0.15, -0.1) is 0 Å². The number of ether oxygens (including phenoxy) is 2. The predicted octanol–water partition coefficient (Wildman–Crippen LogP) is 7.31. The van der Waals surface area contributed by atoms with E-state index < -0.39 is 0 Å². The molecule has 0 saturated carbocycles. The van der Waals surface area contributed by atoms with Crippen molar-refractivity contribution in [1.29, 1.82) is 0 Å². The summed E-state index contributed by atoms with van der Waals surface area (Å²) >= 11 is 29.7. The van der Waals surface area contributed by atoms with Gasteiger partial charge in [-0.05, 0) is 39.2 Å². The number of halogens is 5. The zero-order chi connectivity index (χ0) is 19.5. The monoisotopic (exact) mass is 461 g/mol. The highest BCUT2D eigenvalue weighted by Crippen LogP contribution is 2.44. The number of nitrogens with zero attached hydrogens (tertiary/aromatic N) is 1. The van der Waals surface area contributed by atoms with Crippen molar-refractivity contribution in [2.45, 2.75) is 33.1 Å². The highest BCUT2D eigenvalue weighted by molar-refractivity contribution is 6.55. The van der Waals surface area contributed by atoms with Crippen LogP contribution < -0.4 is 9.47 Å². The minimum absolute atomic E-state index is 0.0975. The molecule has 0 radical (unpaired) electrons. The number of hydrogen-bond donors (Lipinski definition) is 0. The molecular formula is C17H20Cl5NO3. The van der Waals surface area contributed by atoms with Crippen molar-refractivity contribution in [3.8, 4) is 11.5 Å². The van der Waals surface area contributed by atoms with E-state index in [9.17, 15) is 0 Å². The normalized spacial score (nSPS) is 10.3. The van der Waals surface area contributed by atoms with Crippen LogP contribution >= 0.6 is 58.0 Å². The van der Waals surface area contributed by atoms with Crippen molar-refractivity contribution in [2.24, 2.45) is 5.16 Å². The van der Waals surface area contributed by atoms with Crippen LogP contribution in [0.3, 0.4) is 0 Å². The second-order valence-electron chi connectivity index (χ2n) is 5.40. The van der Waals surface area contributed by atoms with E-state index in [0.717, 1.165) is 25.0 Å². The lowest BCUT2D eigenvalue weighted by Gasteiger charge is -2.14. The van der Waals surface area contributed by atoms with E-state index in [1.54, 1.807) is 6.07 Å². The van der Waals surface area contributed by atoms with E-state index in [2.05, 4.69) is 5.16 Å². The molecule has 146 valence electrons. The van der Waals surface area contributed by atoms with Crippen molar-refractivity contribution < 1.29 is 14.3 Å². The van der Waals surface area contributed by atoms with Crippen molar-refractivity contribution >= 4 is 63.7 Å². The Morgan fingerprint density at radius 3 is 2.35 bits per heavy atom. The van der Waals surface area contributed by atoms with Crippen LogP contribution in [0.5, 0.6) is 11.5 Å². The average molecular weight is 464 g/mol. The summed E-state index contributed by atoms with van der Waals surface area (Å²) in [5.41, 5.74) is 0.892. The van der Waals surface area contributed by atoms with Crippen LogP contribution in [0.1, 0.15) is 33.1 Å². The number of hydrogen-bond acceptors (Lipinski definition) is 4. The van der Waals surface area contributed by atoms with Gasteiger partial charge in [-0.3, -0.25) is 0 Å². The molecule has 1 aromatic carbocycles. The van der Waals surface area contributed by atoms with Gasteiger partial charge in [-0.25, -0.2) is 0 Å². The molecule has 0 unspecified atom stereocenters. The first-order chi connectivity index (χ1) is 12.3. The highest BCUT2D eigenvalue weighted by Gasteiger charge is 2.17. The first kappa shape index (κ1) is 23.5. The topological polar surface area (TPSA) is 40.0 Å². The summed E-state index contributed by atoms with van der Waals surface area (Å²) < 4.78 is 11.2. The lowest BCUT2D eigenvalue weighted by atomic mass is 10.2. The fourth-order valence-electron chi connectivity index (χ4n) is 1.78. The molecule has 1 aromatic rings. The number of oxime groups is 1. The van der Waals surface area contributed by atoms with Gasteiger partial charge in [0, 0.05) is 6.07 Å². The van der Waals surface area contributed by atoms with E-state index in [-0.39, 0.29) is 21.1 Å². The summed E-state index contributed by atoms with van der Waals surface area (Å²) in [7, 11) is 0. The van der Waals surface area contributed by atoms with Crippen LogP contribution in [0.4, 0.5) is 0 Å². The van der Waals surface area contributed by atoms with Crippen LogP contribution in [0.15, 0.2) is 21.8 Å². The Balaban J connectivity index is 2.48. The minimum Gasteiger partial charge on any atom is -0.490 e. The molecule has 9 heteroatoms. The van der Waals surface area contributed by atoms with Gasteiger partial charge in [0.1, 0.15) is 33.5 Å². The maximum absolute atomic E-state index is 6.23. The Labute approximate surface area is 178 Å². The summed E-state index contributed by atoms with van der Waals surface area (Å²) in [6.45, 7) is 4.93. The zero-order valence-corrected chi connectivity index (χ0v) is 18.2. The highest BCUT2D eigenvalue weighted by atomic mass is 35.5. The molecule has 0 saturated heterocycles. The van der Waals surface area contributed by atoms with Crippen molar-refractivity contribution in [3.05, 3.63) is 31.7 Å². The first-order valence-electron chi connectivity index (χ1n) is 7.90. The third kappa shape index (κ3) is 8.92. The predicted molar refractivity (Wildman–Crippen MR) is 111 cm³/mol. The third-order valence-corrected chi connectivity index (χ3v) is 4.36. The quantitative estimate of drug-likeness (QED) is 0.150. The molecule has 1 rings (SSSR count). The number of rotatable bonds is 11. The van der Waals surface area contributed by atoms with E-state index in [1.807, 2.05) is 13.8 Å². The molecule has 0 N–H and O–H groups in total. The molecule has 0 aliphatic carbocycles. The molecule has 0 amide bonds. The Morgan fingerprint density at radius 1 is 1.00 bits per heavy atom. The van der Waals surface area contributed by atoms with Crippen molar-refractivity contribution in [1.82, 2.24) is 0 Å². The van der Waals surface area contributed by atoms with Crippen LogP contribution in [-0.2, 0) is 4.84 Å². The standard InChI is InChI=1S/C17H20Cl5NO3/c1-11(2)23-26-8-5-3-4-7-25-17-12(18)10-13(15(21)16(17)22)24-9-6-14(19)20/h6,10H,3-5,7-9H2,1-2H3. The zero-order valence-electron chi connectivity index (χ0n) is 14.5. The molecule has 0 aliphatic rings. The maximum atomic E-state index is 6.23. The minimum atomic E-state index is 0.0975. The molecule has 4 nitrogen and oxygen atoms in total. The molecule has 0 fully saturated rings. The maximum Gasteiger partial charge on any atom is 0.158 e. The van der Waals surface area contributed by atoms with E-state index in [1.165, 1.54) is 6.08 Å². The Bertz CT molecular complexity index is 642. The summed E-state index contributed by atoms with van der Waals surface area (Å²) in [6.07, 6.45) is 4.10. The van der Waals surface area contributed by atoms with Crippen molar-refractivity contribution in [3.63, 3.8) is 0 Å². The van der Waals surface area contributed by atoms with Gasteiger partial charge in [-0.1, -0.05) is 63.2 Å². The van der Waals surface area contributed by atoms with Gasteiger partial charge in [0.2, 0.25) is 0 Å². The van der Waals surface area contributed by atoms with Gasteiger partial charge in [0.15, 0.2) is 5.75 Å². The van der Waals surface area contributed by atoms with E-state index >= 15 is 0 Å². The van der Waals surface area contributed by atoms with Gasteiger partial charge in [0.25, 0.3) is 0 Å². The summed E-state index contributed by atoms with van der Waals surface area (Å²) in [5, 5.41) is 4.59. The van der Waals surface area contributed by atoms with Crippen LogP contribution in [0.25, 0.3) is 0 Å². The van der Waals surface area contributed by atoms with Gasteiger partial charge >= 0.3 is 0 Å².